The van der Waals surface area contributed by atoms with Gasteiger partial charge in [-0.15, -0.1) is 7.52 Å². The van der Waals surface area contributed by atoms with Crippen LogP contribution in [-0.4, -0.2) is 44.0 Å². The molecule has 0 unspecified atom stereocenters. The van der Waals surface area contributed by atoms with E-state index in [0.717, 1.165) is 0 Å². The molecule has 0 atom stereocenters. The molecule has 0 aliphatic heterocycles. The summed E-state index contributed by atoms with van der Waals surface area (Å²) >= 11 is 0. The summed E-state index contributed by atoms with van der Waals surface area (Å²) in [5.74, 6) is 0. The average Bonchev–Trinajstić information content (AvgIpc) is 1.42. The SMILES string of the molecule is CS(=O)(=O)F.CS(=O)(=O)OS(C)(=O)=O. The summed E-state index contributed by atoms with van der Waals surface area (Å²) in [6, 6.07) is 0. The van der Waals surface area contributed by atoms with E-state index in [-0.39, 0.29) is 0 Å². The van der Waals surface area contributed by atoms with Crippen molar-refractivity contribution < 1.29 is 32.8 Å². The fourth-order valence-electron chi connectivity index (χ4n) is 0.225. The van der Waals surface area contributed by atoms with Gasteiger partial charge in [-0.1, -0.05) is 0 Å². The maximum Gasteiger partial charge on any atom is 0.299 e. The van der Waals surface area contributed by atoms with Crippen LogP contribution >= 0.6 is 0 Å². The Morgan fingerprint density at radius 2 is 0.929 bits per heavy atom. The van der Waals surface area contributed by atoms with Crippen LogP contribution in [0.15, 0.2) is 0 Å². The normalized spacial score (nSPS) is 12.9. The molecule has 0 aromatic rings. The smallest absolute Gasteiger partial charge is 0.199 e. The summed E-state index contributed by atoms with van der Waals surface area (Å²) in [6.07, 6.45) is 1.81. The molecule has 0 aliphatic rings. The molecule has 11 heteroatoms. The average molecular weight is 272 g/mol. The first-order chi connectivity index (χ1) is 5.71. The first kappa shape index (κ1) is 16.2. The highest BCUT2D eigenvalue weighted by Crippen LogP contribution is 1.92. The van der Waals surface area contributed by atoms with Crippen LogP contribution in [0.4, 0.5) is 3.89 Å². The van der Waals surface area contributed by atoms with E-state index in [2.05, 4.69) is 3.63 Å². The summed E-state index contributed by atoms with van der Waals surface area (Å²) in [5.41, 5.74) is 0. The van der Waals surface area contributed by atoms with E-state index in [1.165, 1.54) is 0 Å². The third-order valence-electron chi connectivity index (χ3n) is 0.247. The summed E-state index contributed by atoms with van der Waals surface area (Å²) in [5, 5.41) is 0. The van der Waals surface area contributed by atoms with Gasteiger partial charge in [0.25, 0.3) is 30.5 Å². The number of hydrogen-bond acceptors (Lipinski definition) is 7. The third kappa shape index (κ3) is 41.1. The molecule has 0 saturated carbocycles. The Kier molecular flexibility index (Phi) is 5.78. The van der Waals surface area contributed by atoms with Crippen molar-refractivity contribution in [3.63, 3.8) is 0 Å². The summed E-state index contributed by atoms with van der Waals surface area (Å²) < 4.78 is 72.3. The molecule has 0 aliphatic carbocycles. The highest BCUT2D eigenvalue weighted by molar-refractivity contribution is 7.99. The zero-order valence-electron chi connectivity index (χ0n) is 7.46. The lowest BCUT2D eigenvalue weighted by Gasteiger charge is -1.92. The summed E-state index contributed by atoms with van der Waals surface area (Å²) in [7, 11) is -11.9. The topological polar surface area (TPSA) is 112 Å². The van der Waals surface area contributed by atoms with E-state index in [9.17, 15) is 20.7 Å². The largest absolute Gasteiger partial charge is 0.299 e. The molecule has 0 N–H and O–H groups in total. The summed E-state index contributed by atoms with van der Waals surface area (Å²) in [6.45, 7) is 0. The fourth-order valence-corrected chi connectivity index (χ4v) is 2.02. The van der Waals surface area contributed by atoms with Gasteiger partial charge in [0.05, 0.1) is 18.8 Å². The predicted octanol–water partition coefficient (Wildman–Crippen LogP) is -1.16. The molecule has 0 aromatic carbocycles. The lowest BCUT2D eigenvalue weighted by atomic mass is 12.0. The lowest BCUT2D eigenvalue weighted by molar-refractivity contribution is 0.471. The minimum Gasteiger partial charge on any atom is -0.199 e. The molecule has 0 radical (unpaired) electrons. The molecule has 0 heterocycles. The lowest BCUT2D eigenvalue weighted by Crippen LogP contribution is -2.09. The maximum absolute atomic E-state index is 10.7. The predicted molar refractivity (Wildman–Crippen MR) is 46.7 cm³/mol. The van der Waals surface area contributed by atoms with Crippen molar-refractivity contribution in [1.29, 1.82) is 0 Å². The Morgan fingerprint density at radius 3 is 0.929 bits per heavy atom. The van der Waals surface area contributed by atoms with Crippen LogP contribution in [0.3, 0.4) is 0 Å². The second-order valence-corrected chi connectivity index (χ2v) is 6.88. The Bertz CT molecular complexity index is 416. The molecule has 0 aromatic heterocycles. The molecule has 0 spiro atoms. The number of rotatable bonds is 2. The Balaban J connectivity index is 0. The van der Waals surface area contributed by atoms with Gasteiger partial charge in [-0.05, 0) is 0 Å². The minimum absolute atomic E-state index is 0.493. The van der Waals surface area contributed by atoms with Crippen molar-refractivity contribution in [3.8, 4) is 0 Å². The van der Waals surface area contributed by atoms with E-state index < -0.39 is 30.5 Å². The molecule has 0 saturated heterocycles. The van der Waals surface area contributed by atoms with Crippen molar-refractivity contribution in [2.45, 2.75) is 0 Å². The van der Waals surface area contributed by atoms with Gasteiger partial charge in [0.15, 0.2) is 0 Å². The Labute approximate surface area is 82.3 Å². The minimum atomic E-state index is -4.17. The number of halogens is 1. The fraction of sp³-hybridized carbons (Fsp3) is 1.00. The van der Waals surface area contributed by atoms with Crippen molar-refractivity contribution in [2.24, 2.45) is 0 Å². The molecular formula is C3H9FO7S3. The zero-order valence-corrected chi connectivity index (χ0v) is 9.91. The highest BCUT2D eigenvalue weighted by atomic mass is 32.3. The van der Waals surface area contributed by atoms with Gasteiger partial charge in [-0.3, -0.25) is 0 Å². The Morgan fingerprint density at radius 1 is 0.786 bits per heavy atom. The van der Waals surface area contributed by atoms with E-state index in [0.29, 0.717) is 18.8 Å². The van der Waals surface area contributed by atoms with Crippen molar-refractivity contribution in [3.05, 3.63) is 0 Å². The Hall–Kier alpha value is -0.260. The van der Waals surface area contributed by atoms with Crippen molar-refractivity contribution in [1.82, 2.24) is 0 Å². The molecule has 7 nitrogen and oxygen atoms in total. The van der Waals surface area contributed by atoms with E-state index in [1.807, 2.05) is 0 Å². The first-order valence-electron chi connectivity index (χ1n) is 2.71. The van der Waals surface area contributed by atoms with Gasteiger partial charge in [-0.25, -0.2) is 0 Å². The van der Waals surface area contributed by atoms with Crippen LogP contribution in [0, 0.1) is 0 Å². The molecular weight excluding hydrogens is 263 g/mol. The van der Waals surface area contributed by atoms with Gasteiger partial charge >= 0.3 is 0 Å². The van der Waals surface area contributed by atoms with Crippen molar-refractivity contribution >= 4 is 30.5 Å². The first-order valence-corrected chi connectivity index (χ1v) is 8.14. The van der Waals surface area contributed by atoms with Gasteiger partial charge in [0.1, 0.15) is 0 Å². The molecule has 0 fully saturated rings. The van der Waals surface area contributed by atoms with Crippen LogP contribution in [0.5, 0.6) is 0 Å². The van der Waals surface area contributed by atoms with Gasteiger partial charge in [0, 0.05) is 0 Å². The molecule has 0 rings (SSSR count). The highest BCUT2D eigenvalue weighted by Gasteiger charge is 2.10. The van der Waals surface area contributed by atoms with E-state index in [4.69, 9.17) is 8.42 Å². The van der Waals surface area contributed by atoms with Crippen LogP contribution in [-0.2, 0) is 34.1 Å². The summed E-state index contributed by atoms with van der Waals surface area (Å²) in [4.78, 5) is 0. The quantitative estimate of drug-likeness (QED) is 0.582. The van der Waals surface area contributed by atoms with Crippen LogP contribution in [0.1, 0.15) is 0 Å². The zero-order chi connectivity index (χ0) is 12.2. The standard InChI is InChI=1S/C2H6O5S2.CH3FO2S/c1-8(3,4)7-9(2,5)6;1-5(2,3)4/h1-2H3;1H3. The third-order valence-corrected chi connectivity index (χ3v) is 2.22. The maximum atomic E-state index is 10.7. The van der Waals surface area contributed by atoms with Crippen LogP contribution in [0.25, 0.3) is 0 Å². The monoisotopic (exact) mass is 272 g/mol. The van der Waals surface area contributed by atoms with E-state index in [1.54, 1.807) is 0 Å². The van der Waals surface area contributed by atoms with Gasteiger partial charge in [0.2, 0.25) is 0 Å². The second-order valence-electron chi connectivity index (χ2n) is 2.16. The second kappa shape index (κ2) is 5.00. The van der Waals surface area contributed by atoms with Crippen LogP contribution < -0.4 is 0 Å². The molecule has 14 heavy (non-hydrogen) atoms. The number of hydrogen-bond donors (Lipinski definition) is 0. The molecule has 88 valence electrons. The van der Waals surface area contributed by atoms with E-state index >= 15 is 0 Å². The molecule has 0 amide bonds. The van der Waals surface area contributed by atoms with Gasteiger partial charge < -0.3 is 0 Å². The van der Waals surface area contributed by atoms with Crippen molar-refractivity contribution in [2.75, 3.05) is 18.8 Å². The molecule has 0 bridgehead atoms. The van der Waals surface area contributed by atoms with Crippen LogP contribution in [0.2, 0.25) is 0 Å². The van der Waals surface area contributed by atoms with Gasteiger partial charge in [-0.2, -0.15) is 25.3 Å².